The number of carboxylic acids is 1. The van der Waals surface area contributed by atoms with E-state index >= 15 is 0 Å². The van der Waals surface area contributed by atoms with Crippen LogP contribution in [0.5, 0.6) is 0 Å². The first-order chi connectivity index (χ1) is 18.0. The third-order valence-corrected chi connectivity index (χ3v) is 8.27. The van der Waals surface area contributed by atoms with Crippen LogP contribution in [0.25, 0.3) is 0 Å². The number of rotatable bonds is 7. The highest BCUT2D eigenvalue weighted by Gasteiger charge is 2.42. The normalized spacial score (nSPS) is 21.7. The maximum atomic E-state index is 13.8. The Balaban J connectivity index is 1.36. The predicted octanol–water partition coefficient (Wildman–Crippen LogP) is 5.50. The fraction of sp³-hybridized carbons (Fsp3) is 0.607. The second-order valence-corrected chi connectivity index (χ2v) is 11.6. The lowest BCUT2D eigenvalue weighted by Gasteiger charge is -2.36. The van der Waals surface area contributed by atoms with Gasteiger partial charge in [-0.15, -0.1) is 0 Å². The number of hydrogen-bond acceptors (Lipinski definition) is 4. The number of aromatic nitrogens is 2. The molecule has 1 amide bonds. The van der Waals surface area contributed by atoms with Crippen LogP contribution in [-0.2, 0) is 11.0 Å². The summed E-state index contributed by atoms with van der Waals surface area (Å²) in [5.41, 5.74) is 0.0739. The molecule has 5 rings (SSSR count). The van der Waals surface area contributed by atoms with Crippen LogP contribution in [0.15, 0.2) is 30.5 Å². The minimum atomic E-state index is -4.48. The average molecular weight is 533 g/mol. The summed E-state index contributed by atoms with van der Waals surface area (Å²) in [6, 6.07) is 5.06. The predicted molar refractivity (Wildman–Crippen MR) is 135 cm³/mol. The Morgan fingerprint density at radius 1 is 1.03 bits per heavy atom. The maximum absolute atomic E-state index is 13.8. The van der Waals surface area contributed by atoms with Crippen molar-refractivity contribution in [1.82, 2.24) is 19.6 Å². The topological polar surface area (TPSA) is 78.7 Å². The van der Waals surface area contributed by atoms with Crippen LogP contribution in [0, 0.1) is 5.41 Å². The van der Waals surface area contributed by atoms with Gasteiger partial charge in [0.25, 0.3) is 5.91 Å². The molecule has 1 unspecified atom stereocenters. The summed E-state index contributed by atoms with van der Waals surface area (Å²) in [5, 5.41) is 14.1. The smallest absolute Gasteiger partial charge is 0.416 e. The summed E-state index contributed by atoms with van der Waals surface area (Å²) in [4.78, 5) is 29.1. The first-order valence-corrected chi connectivity index (χ1v) is 13.5. The van der Waals surface area contributed by atoms with Crippen LogP contribution in [-0.4, -0.2) is 62.7 Å². The van der Waals surface area contributed by atoms with E-state index in [0.29, 0.717) is 31.5 Å². The molecular weight excluding hydrogens is 497 g/mol. The Labute approximate surface area is 220 Å². The molecule has 1 saturated carbocycles. The number of carboxylic acid groups (broad SMARTS) is 1. The quantitative estimate of drug-likeness (QED) is 0.509. The van der Waals surface area contributed by atoms with E-state index in [2.05, 4.69) is 10.00 Å². The van der Waals surface area contributed by atoms with E-state index in [1.165, 1.54) is 12.1 Å². The molecule has 2 aromatic rings. The molecule has 1 N–H and O–H groups in total. The highest BCUT2D eigenvalue weighted by atomic mass is 19.4. The van der Waals surface area contributed by atoms with Gasteiger partial charge in [-0.3, -0.25) is 14.3 Å². The third kappa shape index (κ3) is 5.19. The number of nitrogens with zero attached hydrogens (tertiary/aromatic N) is 4. The molecule has 1 atom stereocenters. The molecule has 2 saturated heterocycles. The highest BCUT2D eigenvalue weighted by molar-refractivity contribution is 5.96. The molecule has 0 bridgehead atoms. The van der Waals surface area contributed by atoms with Gasteiger partial charge >= 0.3 is 12.1 Å². The van der Waals surface area contributed by atoms with Crippen molar-refractivity contribution >= 4 is 11.9 Å². The molecule has 38 heavy (non-hydrogen) atoms. The molecule has 3 fully saturated rings. The van der Waals surface area contributed by atoms with Gasteiger partial charge in [0.2, 0.25) is 0 Å². The Kier molecular flexibility index (Phi) is 7.04. The van der Waals surface area contributed by atoms with E-state index in [0.717, 1.165) is 50.5 Å². The van der Waals surface area contributed by atoms with Gasteiger partial charge in [-0.05, 0) is 64.0 Å². The minimum absolute atomic E-state index is 0.108. The molecule has 0 radical (unpaired) electrons. The number of likely N-dealkylation sites (tertiary alicyclic amines) is 2. The Bertz CT molecular complexity index is 1200. The third-order valence-electron chi connectivity index (χ3n) is 8.27. The average Bonchev–Trinajstić information content (AvgIpc) is 3.42. The minimum Gasteiger partial charge on any atom is -0.481 e. The number of hydrogen-bond donors (Lipinski definition) is 1. The fourth-order valence-electron chi connectivity index (χ4n) is 6.07. The Morgan fingerprint density at radius 2 is 1.71 bits per heavy atom. The van der Waals surface area contributed by atoms with Gasteiger partial charge in [0.15, 0.2) is 0 Å². The molecule has 3 heterocycles. The van der Waals surface area contributed by atoms with Gasteiger partial charge in [0.05, 0.1) is 40.5 Å². The monoisotopic (exact) mass is 532 g/mol. The fourth-order valence-corrected chi connectivity index (χ4v) is 6.07. The summed E-state index contributed by atoms with van der Waals surface area (Å²) in [7, 11) is 0. The summed E-state index contributed by atoms with van der Waals surface area (Å²) in [6.07, 6.45) is 1.83. The van der Waals surface area contributed by atoms with Crippen LogP contribution in [0.2, 0.25) is 0 Å². The second-order valence-electron chi connectivity index (χ2n) is 11.6. The maximum Gasteiger partial charge on any atom is 0.416 e. The molecule has 0 spiro atoms. The number of halogens is 3. The van der Waals surface area contributed by atoms with Crippen molar-refractivity contribution in [3.05, 3.63) is 52.8 Å². The van der Waals surface area contributed by atoms with E-state index in [1.807, 2.05) is 4.68 Å². The lowest BCUT2D eigenvalue weighted by atomic mass is 9.91. The van der Waals surface area contributed by atoms with Crippen molar-refractivity contribution in [2.45, 2.75) is 76.6 Å². The van der Waals surface area contributed by atoms with Crippen molar-refractivity contribution < 1.29 is 27.9 Å². The van der Waals surface area contributed by atoms with Gasteiger partial charge in [0.1, 0.15) is 0 Å². The van der Waals surface area contributed by atoms with Crippen molar-refractivity contribution in [2.75, 3.05) is 26.2 Å². The first-order valence-electron chi connectivity index (χ1n) is 13.5. The molecular formula is C28H35F3N4O3. The van der Waals surface area contributed by atoms with Crippen molar-refractivity contribution in [2.24, 2.45) is 5.41 Å². The second kappa shape index (κ2) is 10.0. The van der Waals surface area contributed by atoms with E-state index in [-0.39, 0.29) is 23.4 Å². The zero-order valence-corrected chi connectivity index (χ0v) is 21.9. The largest absolute Gasteiger partial charge is 0.481 e. The number of carbonyl (C=O) groups excluding carboxylic acids is 1. The van der Waals surface area contributed by atoms with Gasteiger partial charge < -0.3 is 14.9 Å². The molecule has 10 heteroatoms. The molecule has 7 nitrogen and oxygen atoms in total. The number of piperidine rings is 1. The molecule has 1 aliphatic carbocycles. The summed E-state index contributed by atoms with van der Waals surface area (Å²) in [6.45, 7) is 5.85. The first kappa shape index (κ1) is 26.7. The van der Waals surface area contributed by atoms with Gasteiger partial charge in [-0.25, -0.2) is 0 Å². The molecule has 3 aliphatic rings. The highest BCUT2D eigenvalue weighted by Crippen LogP contribution is 2.45. The van der Waals surface area contributed by atoms with E-state index < -0.39 is 29.2 Å². The molecule has 2 aliphatic heterocycles. The lowest BCUT2D eigenvalue weighted by Crippen LogP contribution is -2.43. The van der Waals surface area contributed by atoms with Crippen LogP contribution in [0.1, 0.15) is 97.6 Å². The molecule has 1 aromatic heterocycles. The van der Waals surface area contributed by atoms with Crippen molar-refractivity contribution in [3.8, 4) is 0 Å². The molecule has 1 aromatic carbocycles. The van der Waals surface area contributed by atoms with Crippen LogP contribution >= 0.6 is 0 Å². The Hall–Kier alpha value is -2.88. The summed E-state index contributed by atoms with van der Waals surface area (Å²) < 4.78 is 43.2. The summed E-state index contributed by atoms with van der Waals surface area (Å²) >= 11 is 0. The SMILES string of the molecule is CC(C)(CN1CCC(n2ncc(C(=O)N3CCCC3c3ccccc3C(F)(F)F)c2C2CC2)CC1)C(=O)O. The Morgan fingerprint density at radius 3 is 2.34 bits per heavy atom. The van der Waals surface area contributed by atoms with Crippen LogP contribution in [0.3, 0.4) is 0 Å². The van der Waals surface area contributed by atoms with E-state index in [4.69, 9.17) is 0 Å². The zero-order valence-electron chi connectivity index (χ0n) is 21.9. The van der Waals surface area contributed by atoms with Crippen LogP contribution in [0.4, 0.5) is 13.2 Å². The van der Waals surface area contributed by atoms with Gasteiger partial charge in [0, 0.05) is 32.1 Å². The number of carbonyl (C=O) groups is 2. The number of benzene rings is 1. The van der Waals surface area contributed by atoms with Crippen molar-refractivity contribution in [3.63, 3.8) is 0 Å². The summed E-state index contributed by atoms with van der Waals surface area (Å²) in [5.74, 6) is -0.814. The number of amides is 1. The lowest BCUT2D eigenvalue weighted by molar-refractivity contribution is -0.148. The zero-order chi connectivity index (χ0) is 27.2. The van der Waals surface area contributed by atoms with Gasteiger partial charge in [-0.2, -0.15) is 18.3 Å². The standard InChI is InChI=1S/C28H35F3N4O3/c1-27(2,26(37)38)17-33-14-11-19(12-15-33)35-24(18-9-10-18)21(16-32-35)25(36)34-13-5-8-23(34)20-6-3-4-7-22(20)28(29,30)31/h3-4,6-7,16,18-19,23H,5,8-15,17H2,1-2H3,(H,37,38). The molecule has 206 valence electrons. The van der Waals surface area contributed by atoms with E-state index in [1.54, 1.807) is 31.0 Å². The number of aliphatic carboxylic acids is 1. The van der Waals surface area contributed by atoms with Crippen LogP contribution < -0.4 is 0 Å². The van der Waals surface area contributed by atoms with E-state index in [9.17, 15) is 27.9 Å². The van der Waals surface area contributed by atoms with Gasteiger partial charge in [-0.1, -0.05) is 18.2 Å². The van der Waals surface area contributed by atoms with Crippen molar-refractivity contribution in [1.29, 1.82) is 0 Å². The number of alkyl halides is 3.